The fourth-order valence-electron chi connectivity index (χ4n) is 3.15. The van der Waals surface area contributed by atoms with Crippen molar-refractivity contribution < 1.29 is 9.90 Å². The first-order valence-electron chi connectivity index (χ1n) is 8.03. The number of amides is 1. The summed E-state index contributed by atoms with van der Waals surface area (Å²) in [6.45, 7) is 1.51. The summed E-state index contributed by atoms with van der Waals surface area (Å²) in [6, 6.07) is 5.74. The summed E-state index contributed by atoms with van der Waals surface area (Å²) < 4.78 is 0. The zero-order valence-corrected chi connectivity index (χ0v) is 13.1. The molecule has 2 aromatic heterocycles. The number of nitrogens with zero attached hydrogens (tertiary/aromatic N) is 3. The number of β-amino-alcohol motifs (C(OH)–C–C–N with tert-alkyl or cyclic N) is 1. The summed E-state index contributed by atoms with van der Waals surface area (Å²) in [4.78, 5) is 22.6. The Labute approximate surface area is 135 Å². The van der Waals surface area contributed by atoms with Crippen molar-refractivity contribution in [2.45, 2.75) is 25.4 Å². The summed E-state index contributed by atoms with van der Waals surface area (Å²) in [6.07, 6.45) is 4.86. The maximum atomic E-state index is 12.1. The van der Waals surface area contributed by atoms with E-state index < -0.39 is 6.10 Å². The molecule has 0 bridgehead atoms. The Bertz CT molecular complexity index is 686. The molecule has 1 saturated heterocycles. The lowest BCUT2D eigenvalue weighted by molar-refractivity contribution is -0.130. The molecule has 2 aromatic rings. The van der Waals surface area contributed by atoms with Gasteiger partial charge in [0.05, 0.1) is 17.1 Å². The molecule has 6 nitrogen and oxygen atoms in total. The second-order valence-corrected chi connectivity index (χ2v) is 6.06. The van der Waals surface area contributed by atoms with Crippen LogP contribution in [0, 0.1) is 5.92 Å². The summed E-state index contributed by atoms with van der Waals surface area (Å²) in [5, 5.41) is 10.3. The van der Waals surface area contributed by atoms with Gasteiger partial charge in [-0.3, -0.25) is 14.8 Å². The summed E-state index contributed by atoms with van der Waals surface area (Å²) in [7, 11) is 0. The molecule has 0 aromatic carbocycles. The number of carbonyl (C=O) groups excluding carboxylic acids is 1. The van der Waals surface area contributed by atoms with Gasteiger partial charge in [0.1, 0.15) is 0 Å². The number of pyridine rings is 2. The van der Waals surface area contributed by atoms with E-state index in [0.717, 1.165) is 16.6 Å². The van der Waals surface area contributed by atoms with Crippen LogP contribution < -0.4 is 5.73 Å². The normalized spacial score (nSPS) is 21.0. The standard InChI is InChI=1S/C17H22N4O2/c18-6-1-4-16(23)21-10-13(15(22)11-21)9-12-5-8-19-14-3-2-7-20-17(12)14/h2-3,5,7-8,13,15,22H,1,4,6,9-11,18H2/t13-,15+/m1/s1. The molecule has 3 rings (SSSR count). The van der Waals surface area contributed by atoms with Crippen molar-refractivity contribution in [3.8, 4) is 0 Å². The van der Waals surface area contributed by atoms with Crippen molar-refractivity contribution in [3.63, 3.8) is 0 Å². The zero-order chi connectivity index (χ0) is 16.2. The van der Waals surface area contributed by atoms with Crippen molar-refractivity contribution in [2.24, 2.45) is 11.7 Å². The molecule has 0 saturated carbocycles. The van der Waals surface area contributed by atoms with E-state index in [1.54, 1.807) is 17.3 Å². The highest BCUT2D eigenvalue weighted by atomic mass is 16.3. The molecule has 0 radical (unpaired) electrons. The molecule has 2 atom stereocenters. The monoisotopic (exact) mass is 314 g/mol. The quantitative estimate of drug-likeness (QED) is 0.849. The average Bonchev–Trinajstić information content (AvgIpc) is 2.94. The van der Waals surface area contributed by atoms with Crippen molar-refractivity contribution in [3.05, 3.63) is 36.2 Å². The minimum absolute atomic E-state index is 0.0319. The Morgan fingerprint density at radius 3 is 3.00 bits per heavy atom. The summed E-state index contributed by atoms with van der Waals surface area (Å²) >= 11 is 0. The van der Waals surface area contributed by atoms with Gasteiger partial charge in [0.25, 0.3) is 0 Å². The van der Waals surface area contributed by atoms with E-state index in [0.29, 0.717) is 38.9 Å². The maximum absolute atomic E-state index is 12.1. The lowest BCUT2D eigenvalue weighted by Gasteiger charge is -2.16. The Balaban J connectivity index is 1.71. The van der Waals surface area contributed by atoms with Gasteiger partial charge in [-0.1, -0.05) is 0 Å². The predicted octanol–water partition coefficient (Wildman–Crippen LogP) is 0.730. The molecule has 1 aliphatic heterocycles. The first kappa shape index (κ1) is 15.8. The molecule has 0 unspecified atom stereocenters. The second kappa shape index (κ2) is 7.02. The number of aliphatic hydroxyl groups excluding tert-OH is 1. The highest BCUT2D eigenvalue weighted by Gasteiger charge is 2.33. The van der Waals surface area contributed by atoms with Crippen molar-refractivity contribution in [1.82, 2.24) is 14.9 Å². The largest absolute Gasteiger partial charge is 0.391 e. The van der Waals surface area contributed by atoms with Crippen LogP contribution in [-0.2, 0) is 11.2 Å². The summed E-state index contributed by atoms with van der Waals surface area (Å²) in [5.41, 5.74) is 8.24. The van der Waals surface area contributed by atoms with Crippen LogP contribution in [-0.4, -0.2) is 51.6 Å². The minimum Gasteiger partial charge on any atom is -0.391 e. The molecule has 1 amide bonds. The van der Waals surface area contributed by atoms with E-state index in [2.05, 4.69) is 9.97 Å². The van der Waals surface area contributed by atoms with Crippen LogP contribution in [0.25, 0.3) is 11.0 Å². The van der Waals surface area contributed by atoms with E-state index in [1.807, 2.05) is 18.2 Å². The molecule has 122 valence electrons. The second-order valence-electron chi connectivity index (χ2n) is 6.06. The van der Waals surface area contributed by atoms with E-state index in [4.69, 9.17) is 5.73 Å². The molecule has 0 spiro atoms. The highest BCUT2D eigenvalue weighted by molar-refractivity contribution is 5.78. The minimum atomic E-state index is -0.497. The molecule has 1 fully saturated rings. The van der Waals surface area contributed by atoms with Crippen LogP contribution >= 0.6 is 0 Å². The number of carbonyl (C=O) groups is 1. The van der Waals surface area contributed by atoms with E-state index in [1.165, 1.54) is 0 Å². The predicted molar refractivity (Wildman–Crippen MR) is 87.6 cm³/mol. The van der Waals surface area contributed by atoms with Gasteiger partial charge < -0.3 is 15.7 Å². The molecule has 3 N–H and O–H groups in total. The molecule has 0 aliphatic carbocycles. The van der Waals surface area contributed by atoms with Crippen molar-refractivity contribution >= 4 is 16.9 Å². The van der Waals surface area contributed by atoms with Gasteiger partial charge in [-0.2, -0.15) is 0 Å². The molecule has 3 heterocycles. The molecular weight excluding hydrogens is 292 g/mol. The Kier molecular flexibility index (Phi) is 4.83. The van der Waals surface area contributed by atoms with Gasteiger partial charge in [0.15, 0.2) is 0 Å². The number of fused-ring (bicyclic) bond motifs is 1. The van der Waals surface area contributed by atoms with E-state index >= 15 is 0 Å². The highest BCUT2D eigenvalue weighted by Crippen LogP contribution is 2.25. The fourth-order valence-corrected chi connectivity index (χ4v) is 3.15. The maximum Gasteiger partial charge on any atom is 0.222 e. The third kappa shape index (κ3) is 3.48. The van der Waals surface area contributed by atoms with Crippen LogP contribution in [0.5, 0.6) is 0 Å². The zero-order valence-electron chi connectivity index (χ0n) is 13.1. The molecular formula is C17H22N4O2. The van der Waals surface area contributed by atoms with Crippen LogP contribution in [0.1, 0.15) is 18.4 Å². The third-order valence-corrected chi connectivity index (χ3v) is 4.42. The van der Waals surface area contributed by atoms with Gasteiger partial charge >= 0.3 is 0 Å². The SMILES string of the molecule is NCCCC(=O)N1C[C@@H](Cc2ccnc3cccnc23)[C@@H](O)C1. The number of hydrogen-bond donors (Lipinski definition) is 2. The third-order valence-electron chi connectivity index (χ3n) is 4.42. The van der Waals surface area contributed by atoms with Crippen LogP contribution in [0.15, 0.2) is 30.6 Å². The molecule has 1 aliphatic rings. The van der Waals surface area contributed by atoms with Gasteiger partial charge in [-0.05, 0) is 43.1 Å². The Morgan fingerprint density at radius 1 is 1.30 bits per heavy atom. The van der Waals surface area contributed by atoms with Crippen molar-refractivity contribution in [1.29, 1.82) is 0 Å². The van der Waals surface area contributed by atoms with Crippen LogP contribution in [0.4, 0.5) is 0 Å². The fraction of sp³-hybridized carbons (Fsp3) is 0.471. The van der Waals surface area contributed by atoms with Gasteiger partial charge in [0.2, 0.25) is 5.91 Å². The first-order valence-corrected chi connectivity index (χ1v) is 8.03. The average molecular weight is 314 g/mol. The smallest absolute Gasteiger partial charge is 0.222 e. The van der Waals surface area contributed by atoms with Crippen molar-refractivity contribution in [2.75, 3.05) is 19.6 Å². The molecule has 6 heteroatoms. The number of aromatic nitrogens is 2. The number of rotatable bonds is 5. The van der Waals surface area contributed by atoms with Gasteiger partial charge in [0, 0.05) is 37.8 Å². The Morgan fingerprint density at radius 2 is 2.17 bits per heavy atom. The van der Waals surface area contributed by atoms with Crippen LogP contribution in [0.3, 0.4) is 0 Å². The lowest BCUT2D eigenvalue weighted by atomic mass is 9.96. The number of aliphatic hydroxyl groups is 1. The lowest BCUT2D eigenvalue weighted by Crippen LogP contribution is -2.29. The Hall–Kier alpha value is -2.05. The number of nitrogens with two attached hydrogens (primary N) is 1. The van der Waals surface area contributed by atoms with E-state index in [9.17, 15) is 9.90 Å². The number of hydrogen-bond acceptors (Lipinski definition) is 5. The van der Waals surface area contributed by atoms with Gasteiger partial charge in [-0.25, -0.2) is 0 Å². The number of likely N-dealkylation sites (tertiary alicyclic amines) is 1. The molecule has 23 heavy (non-hydrogen) atoms. The van der Waals surface area contributed by atoms with Gasteiger partial charge in [-0.15, -0.1) is 0 Å². The van der Waals surface area contributed by atoms with E-state index in [-0.39, 0.29) is 11.8 Å². The first-order chi connectivity index (χ1) is 11.2. The summed E-state index contributed by atoms with van der Waals surface area (Å²) in [5.74, 6) is 0.110. The topological polar surface area (TPSA) is 92.3 Å². The van der Waals surface area contributed by atoms with Crippen LogP contribution in [0.2, 0.25) is 0 Å².